The highest BCUT2D eigenvalue weighted by Gasteiger charge is 2.36. The largest absolute Gasteiger partial charge is 0.493 e. The number of rotatable bonds is 11. The highest BCUT2D eigenvalue weighted by Crippen LogP contribution is 2.51. The summed E-state index contributed by atoms with van der Waals surface area (Å²) in [6, 6.07) is 31.3. The van der Waals surface area contributed by atoms with Gasteiger partial charge in [-0.3, -0.25) is 0 Å². The van der Waals surface area contributed by atoms with Gasteiger partial charge in [0.25, 0.3) is 0 Å². The molecule has 0 aromatic heterocycles. The van der Waals surface area contributed by atoms with Crippen LogP contribution in [0.2, 0.25) is 0 Å². The number of esters is 2. The predicted octanol–water partition coefficient (Wildman–Crippen LogP) is 10.5. The maximum absolute atomic E-state index is 11.8. The first-order valence-corrected chi connectivity index (χ1v) is 17.1. The quantitative estimate of drug-likeness (QED) is 0.0788. The highest BCUT2D eigenvalue weighted by molar-refractivity contribution is 5.87. The van der Waals surface area contributed by atoms with Crippen molar-refractivity contribution < 1.29 is 23.8 Å². The second-order valence-electron chi connectivity index (χ2n) is 13.6. The summed E-state index contributed by atoms with van der Waals surface area (Å²) in [6.45, 7) is 20.4. The molecule has 0 amide bonds. The summed E-state index contributed by atoms with van der Waals surface area (Å²) in [5.41, 5.74) is 13.8. The monoisotopic (exact) mass is 677 g/mol. The van der Waals surface area contributed by atoms with Gasteiger partial charge in [-0.25, -0.2) is 9.59 Å². The van der Waals surface area contributed by atoms with Crippen molar-refractivity contribution in [3.63, 3.8) is 0 Å². The third kappa shape index (κ3) is 7.22. The summed E-state index contributed by atoms with van der Waals surface area (Å²) >= 11 is 0. The fraction of sp³-hybridized carbons (Fsp3) is 0.200. The van der Waals surface area contributed by atoms with Gasteiger partial charge in [0.05, 0.1) is 6.61 Å². The normalized spacial score (nSPS) is 12.4. The van der Waals surface area contributed by atoms with Crippen LogP contribution in [-0.4, -0.2) is 18.5 Å². The van der Waals surface area contributed by atoms with E-state index in [1.807, 2.05) is 6.07 Å². The molecule has 0 N–H and O–H groups in total. The third-order valence-electron chi connectivity index (χ3n) is 9.76. The predicted molar refractivity (Wildman–Crippen MR) is 205 cm³/mol. The van der Waals surface area contributed by atoms with Gasteiger partial charge in [-0.05, 0) is 138 Å². The SMILES string of the molecule is C=CC(=O)Oc1cc(CCOc2ccc3c(c2)C(C)(C)c2cc(N(c4ccc(C)c(C)c4)c4ccc(C)c(C)c4)ccc2-3)cc(OC(=O)C=C)c1. The molecule has 6 heteroatoms. The van der Waals surface area contributed by atoms with Crippen molar-refractivity contribution in [2.45, 2.75) is 53.4 Å². The van der Waals surface area contributed by atoms with Gasteiger partial charge in [0.15, 0.2) is 0 Å². The molecule has 0 spiro atoms. The first kappa shape index (κ1) is 35.0. The van der Waals surface area contributed by atoms with E-state index in [-0.39, 0.29) is 16.9 Å². The summed E-state index contributed by atoms with van der Waals surface area (Å²) in [5.74, 6) is 0.0285. The number of benzene rings is 5. The number of carbonyl (C=O) groups excluding carboxylic acids is 2. The number of hydrogen-bond acceptors (Lipinski definition) is 6. The molecule has 0 radical (unpaired) electrons. The molecule has 0 unspecified atom stereocenters. The second-order valence-corrected chi connectivity index (χ2v) is 13.6. The van der Waals surface area contributed by atoms with Crippen molar-refractivity contribution in [2.75, 3.05) is 11.5 Å². The number of carbonyl (C=O) groups is 2. The Morgan fingerprint density at radius 2 is 1.10 bits per heavy atom. The lowest BCUT2D eigenvalue weighted by molar-refractivity contribution is -0.129. The van der Waals surface area contributed by atoms with E-state index in [9.17, 15) is 9.59 Å². The van der Waals surface area contributed by atoms with E-state index in [2.05, 4.69) is 126 Å². The van der Waals surface area contributed by atoms with Gasteiger partial charge in [-0.1, -0.05) is 51.3 Å². The zero-order chi connectivity index (χ0) is 36.4. The molecule has 0 aliphatic heterocycles. The molecule has 6 nitrogen and oxygen atoms in total. The minimum absolute atomic E-state index is 0.245. The van der Waals surface area contributed by atoms with Crippen LogP contribution < -0.4 is 19.1 Å². The van der Waals surface area contributed by atoms with E-state index in [1.54, 1.807) is 12.1 Å². The average molecular weight is 678 g/mol. The molecule has 0 atom stereocenters. The van der Waals surface area contributed by atoms with Crippen molar-refractivity contribution in [1.82, 2.24) is 0 Å². The molecule has 258 valence electrons. The molecule has 0 bridgehead atoms. The standard InChI is InChI=1S/C45H43NO5/c1-9-43(47)50-37-23-32(24-38(26-37)51-44(48)10-2)19-20-49-36-16-18-40-39-17-15-35(25-41(39)45(7,8)42(40)27-36)46(33-13-11-28(3)30(5)21-33)34-14-12-29(4)31(6)22-34/h9-18,21-27H,1-2,19-20H2,3-8H3. The Labute approximate surface area is 300 Å². The van der Waals surface area contributed by atoms with Gasteiger partial charge in [0.1, 0.15) is 17.2 Å². The van der Waals surface area contributed by atoms with E-state index >= 15 is 0 Å². The molecule has 0 fully saturated rings. The lowest BCUT2D eigenvalue weighted by Gasteiger charge is -2.29. The van der Waals surface area contributed by atoms with Crippen LogP contribution in [0.1, 0.15) is 52.8 Å². The lowest BCUT2D eigenvalue weighted by Crippen LogP contribution is -2.17. The fourth-order valence-corrected chi connectivity index (χ4v) is 6.61. The zero-order valence-electron chi connectivity index (χ0n) is 30.1. The summed E-state index contributed by atoms with van der Waals surface area (Å²) in [4.78, 5) is 26.0. The Morgan fingerprint density at radius 1 is 0.608 bits per heavy atom. The van der Waals surface area contributed by atoms with Gasteiger partial charge in [-0.2, -0.15) is 0 Å². The van der Waals surface area contributed by atoms with Crippen molar-refractivity contribution >= 4 is 29.0 Å². The third-order valence-corrected chi connectivity index (χ3v) is 9.76. The molecule has 0 heterocycles. The molecular formula is C45H43NO5. The summed E-state index contributed by atoms with van der Waals surface area (Å²) in [5, 5.41) is 0. The van der Waals surface area contributed by atoms with E-state index in [1.165, 1.54) is 50.6 Å². The van der Waals surface area contributed by atoms with Crippen LogP contribution in [0.4, 0.5) is 17.1 Å². The molecular weight excluding hydrogens is 634 g/mol. The minimum Gasteiger partial charge on any atom is -0.493 e. The van der Waals surface area contributed by atoms with Crippen LogP contribution in [0.3, 0.4) is 0 Å². The highest BCUT2D eigenvalue weighted by atomic mass is 16.5. The van der Waals surface area contributed by atoms with E-state index in [0.717, 1.165) is 40.5 Å². The number of aryl methyl sites for hydroxylation is 4. The van der Waals surface area contributed by atoms with Crippen LogP contribution in [0.5, 0.6) is 17.2 Å². The topological polar surface area (TPSA) is 65.1 Å². The molecule has 0 saturated carbocycles. The first-order chi connectivity index (χ1) is 24.4. The Morgan fingerprint density at radius 3 is 1.63 bits per heavy atom. The second kappa shape index (κ2) is 14.2. The van der Waals surface area contributed by atoms with Crippen LogP contribution in [-0.2, 0) is 21.4 Å². The van der Waals surface area contributed by atoms with Gasteiger partial charge in [0.2, 0.25) is 0 Å². The van der Waals surface area contributed by atoms with E-state index in [4.69, 9.17) is 14.2 Å². The van der Waals surface area contributed by atoms with Gasteiger partial charge in [0, 0.05) is 47.1 Å². The molecule has 5 aromatic rings. The van der Waals surface area contributed by atoms with Crippen LogP contribution in [0.15, 0.2) is 116 Å². The molecule has 1 aliphatic rings. The van der Waals surface area contributed by atoms with E-state index < -0.39 is 11.9 Å². The fourth-order valence-electron chi connectivity index (χ4n) is 6.61. The van der Waals surface area contributed by atoms with Crippen molar-refractivity contribution in [2.24, 2.45) is 0 Å². The zero-order valence-corrected chi connectivity index (χ0v) is 30.1. The average Bonchev–Trinajstić information content (AvgIpc) is 3.33. The maximum Gasteiger partial charge on any atom is 0.335 e. The number of fused-ring (bicyclic) bond motifs is 3. The van der Waals surface area contributed by atoms with Crippen LogP contribution in [0, 0.1) is 27.7 Å². The van der Waals surface area contributed by atoms with E-state index in [0.29, 0.717) is 13.0 Å². The molecule has 0 saturated heterocycles. The Balaban J connectivity index is 1.26. The Bertz CT molecular complexity index is 2100. The molecule has 6 rings (SSSR count). The van der Waals surface area contributed by atoms with Gasteiger partial charge < -0.3 is 19.1 Å². The smallest absolute Gasteiger partial charge is 0.335 e. The Kier molecular flexibility index (Phi) is 9.71. The number of ether oxygens (including phenoxy) is 3. The summed E-state index contributed by atoms with van der Waals surface area (Å²) < 4.78 is 16.9. The van der Waals surface area contributed by atoms with Crippen molar-refractivity contribution in [3.8, 4) is 28.4 Å². The Hall–Kier alpha value is -5.88. The first-order valence-electron chi connectivity index (χ1n) is 17.1. The minimum atomic E-state index is -0.610. The van der Waals surface area contributed by atoms with Crippen LogP contribution in [0.25, 0.3) is 11.1 Å². The van der Waals surface area contributed by atoms with Crippen LogP contribution >= 0.6 is 0 Å². The number of nitrogens with zero attached hydrogens (tertiary/aromatic N) is 1. The maximum atomic E-state index is 11.8. The summed E-state index contributed by atoms with van der Waals surface area (Å²) in [7, 11) is 0. The van der Waals surface area contributed by atoms with Crippen molar-refractivity contribution in [3.05, 3.63) is 155 Å². The summed E-state index contributed by atoms with van der Waals surface area (Å²) in [6.07, 6.45) is 2.63. The molecule has 5 aromatic carbocycles. The number of anilines is 3. The van der Waals surface area contributed by atoms with Crippen molar-refractivity contribution in [1.29, 1.82) is 0 Å². The number of hydrogen-bond donors (Lipinski definition) is 0. The molecule has 51 heavy (non-hydrogen) atoms. The van der Waals surface area contributed by atoms with Gasteiger partial charge >= 0.3 is 11.9 Å². The lowest BCUT2D eigenvalue weighted by atomic mass is 9.82. The van der Waals surface area contributed by atoms with Gasteiger partial charge in [-0.15, -0.1) is 0 Å². The molecule has 1 aliphatic carbocycles.